The topological polar surface area (TPSA) is 107 Å². The second-order valence-electron chi connectivity index (χ2n) is 4.30. The molecule has 0 aliphatic heterocycles. The number of hydrogen-bond acceptors (Lipinski definition) is 3. The molecule has 94 valence electrons. The Morgan fingerprint density at radius 3 is 2.71 bits per heavy atom. The summed E-state index contributed by atoms with van der Waals surface area (Å²) in [5.41, 5.74) is -0.205. The normalized spacial score (nSPS) is 10.9. The van der Waals surface area contributed by atoms with Crippen molar-refractivity contribution in [2.24, 2.45) is 5.41 Å². The standard InChI is InChI=1S/C10H16N4O3/c1-10(2,8(15)16)5-13-9(17)12-4-7-3-11-6-14-7/h3,6H,4-5H2,1-2H3,(H,11,14)(H,15,16)(H2,12,13,17). The molecule has 0 bridgehead atoms. The summed E-state index contributed by atoms with van der Waals surface area (Å²) in [5.74, 6) is -0.952. The Labute approximate surface area is 98.6 Å². The molecule has 17 heavy (non-hydrogen) atoms. The number of carboxylic acids is 1. The van der Waals surface area contributed by atoms with Gasteiger partial charge in [0, 0.05) is 12.7 Å². The molecular weight excluding hydrogens is 224 g/mol. The van der Waals surface area contributed by atoms with Crippen molar-refractivity contribution in [3.8, 4) is 0 Å². The number of aliphatic carboxylic acids is 1. The van der Waals surface area contributed by atoms with Crippen LogP contribution in [0.25, 0.3) is 0 Å². The van der Waals surface area contributed by atoms with E-state index in [1.807, 2.05) is 0 Å². The molecule has 0 aromatic carbocycles. The molecule has 0 radical (unpaired) electrons. The smallest absolute Gasteiger partial charge is 0.315 e. The van der Waals surface area contributed by atoms with Gasteiger partial charge in [-0.25, -0.2) is 9.78 Å². The highest BCUT2D eigenvalue weighted by Gasteiger charge is 2.27. The first-order valence-electron chi connectivity index (χ1n) is 5.14. The molecule has 2 amide bonds. The number of carboxylic acid groups (broad SMARTS) is 1. The number of aromatic nitrogens is 2. The predicted molar refractivity (Wildman–Crippen MR) is 60.2 cm³/mol. The van der Waals surface area contributed by atoms with Crippen molar-refractivity contribution in [3.63, 3.8) is 0 Å². The molecule has 1 rings (SSSR count). The molecule has 0 saturated carbocycles. The maximum atomic E-state index is 11.4. The second-order valence-corrected chi connectivity index (χ2v) is 4.30. The second kappa shape index (κ2) is 5.33. The Balaban J connectivity index is 2.28. The number of H-pyrrole nitrogens is 1. The van der Waals surface area contributed by atoms with E-state index in [0.717, 1.165) is 5.69 Å². The summed E-state index contributed by atoms with van der Waals surface area (Å²) in [6.07, 6.45) is 3.12. The van der Waals surface area contributed by atoms with Crippen molar-refractivity contribution in [2.75, 3.05) is 6.54 Å². The molecule has 0 aliphatic carbocycles. The lowest BCUT2D eigenvalue weighted by atomic mass is 9.94. The van der Waals surface area contributed by atoms with Gasteiger partial charge in [0.1, 0.15) is 0 Å². The molecule has 0 aliphatic rings. The molecule has 0 unspecified atom stereocenters. The fourth-order valence-electron chi connectivity index (χ4n) is 0.996. The Kier molecular flexibility index (Phi) is 4.08. The summed E-state index contributed by atoms with van der Waals surface area (Å²) in [6.45, 7) is 3.48. The van der Waals surface area contributed by atoms with Crippen LogP contribution in [0.4, 0.5) is 4.79 Å². The van der Waals surface area contributed by atoms with Crippen molar-refractivity contribution < 1.29 is 14.7 Å². The molecule has 0 spiro atoms. The first-order valence-corrected chi connectivity index (χ1v) is 5.14. The minimum absolute atomic E-state index is 0.0666. The van der Waals surface area contributed by atoms with Crippen molar-refractivity contribution in [1.82, 2.24) is 20.6 Å². The van der Waals surface area contributed by atoms with E-state index < -0.39 is 17.4 Å². The zero-order valence-electron chi connectivity index (χ0n) is 9.78. The lowest BCUT2D eigenvalue weighted by molar-refractivity contribution is -0.146. The van der Waals surface area contributed by atoms with Crippen molar-refractivity contribution in [3.05, 3.63) is 18.2 Å². The average molecular weight is 240 g/mol. The molecule has 7 nitrogen and oxygen atoms in total. The van der Waals surface area contributed by atoms with E-state index in [-0.39, 0.29) is 6.54 Å². The van der Waals surface area contributed by atoms with Gasteiger partial charge < -0.3 is 20.7 Å². The van der Waals surface area contributed by atoms with Crippen LogP contribution in [0.5, 0.6) is 0 Å². The van der Waals surface area contributed by atoms with E-state index in [1.54, 1.807) is 20.0 Å². The number of carbonyl (C=O) groups is 2. The molecule has 7 heteroatoms. The number of rotatable bonds is 5. The van der Waals surface area contributed by atoms with Gasteiger partial charge in [0.05, 0.1) is 24.0 Å². The number of imidazole rings is 1. The largest absolute Gasteiger partial charge is 0.481 e. The van der Waals surface area contributed by atoms with Crippen molar-refractivity contribution in [1.29, 1.82) is 0 Å². The number of amides is 2. The van der Waals surface area contributed by atoms with Gasteiger partial charge in [-0.15, -0.1) is 0 Å². The summed E-state index contributed by atoms with van der Waals surface area (Å²) in [6, 6.07) is -0.408. The molecule has 4 N–H and O–H groups in total. The Morgan fingerprint density at radius 1 is 1.47 bits per heavy atom. The van der Waals surface area contributed by atoms with Crippen LogP contribution in [0.3, 0.4) is 0 Å². The van der Waals surface area contributed by atoms with Crippen LogP contribution in [0.1, 0.15) is 19.5 Å². The van der Waals surface area contributed by atoms with Crippen molar-refractivity contribution in [2.45, 2.75) is 20.4 Å². The first kappa shape index (κ1) is 13.0. The first-order chi connectivity index (χ1) is 7.92. The lowest BCUT2D eigenvalue weighted by Gasteiger charge is -2.19. The number of aromatic amines is 1. The van der Waals surface area contributed by atoms with E-state index in [4.69, 9.17) is 5.11 Å². The number of carbonyl (C=O) groups excluding carboxylic acids is 1. The van der Waals surface area contributed by atoms with E-state index in [1.165, 1.54) is 6.33 Å². The Hall–Kier alpha value is -2.05. The molecule has 1 heterocycles. The van der Waals surface area contributed by atoms with Crippen LogP contribution >= 0.6 is 0 Å². The van der Waals surface area contributed by atoms with Gasteiger partial charge in [-0.1, -0.05) is 0 Å². The van der Waals surface area contributed by atoms with Gasteiger partial charge in [-0.05, 0) is 13.8 Å². The fraction of sp³-hybridized carbons (Fsp3) is 0.500. The van der Waals surface area contributed by atoms with Crippen LogP contribution in [0, 0.1) is 5.41 Å². The number of nitrogens with zero attached hydrogens (tertiary/aromatic N) is 1. The summed E-state index contributed by atoms with van der Waals surface area (Å²) in [7, 11) is 0. The van der Waals surface area contributed by atoms with Crippen LogP contribution in [0.2, 0.25) is 0 Å². The van der Waals surface area contributed by atoms with E-state index in [2.05, 4.69) is 20.6 Å². The van der Waals surface area contributed by atoms with Gasteiger partial charge in [0.25, 0.3) is 0 Å². The van der Waals surface area contributed by atoms with Gasteiger partial charge >= 0.3 is 12.0 Å². The van der Waals surface area contributed by atoms with Gasteiger partial charge in [-0.2, -0.15) is 0 Å². The van der Waals surface area contributed by atoms with Crippen molar-refractivity contribution >= 4 is 12.0 Å². The lowest BCUT2D eigenvalue weighted by Crippen LogP contribution is -2.43. The molecule has 0 atom stereocenters. The molecule has 1 aromatic heterocycles. The summed E-state index contributed by atoms with van der Waals surface area (Å²) in [4.78, 5) is 28.8. The average Bonchev–Trinajstić information content (AvgIpc) is 2.76. The van der Waals surface area contributed by atoms with Crippen LogP contribution < -0.4 is 10.6 Å². The minimum Gasteiger partial charge on any atom is -0.481 e. The number of urea groups is 1. The third-order valence-corrected chi connectivity index (χ3v) is 2.26. The van der Waals surface area contributed by atoms with Gasteiger partial charge in [-0.3, -0.25) is 4.79 Å². The fourth-order valence-corrected chi connectivity index (χ4v) is 0.996. The maximum Gasteiger partial charge on any atom is 0.315 e. The van der Waals surface area contributed by atoms with Crippen LogP contribution in [0.15, 0.2) is 12.5 Å². The monoisotopic (exact) mass is 240 g/mol. The zero-order valence-corrected chi connectivity index (χ0v) is 9.78. The number of hydrogen-bond donors (Lipinski definition) is 4. The third-order valence-electron chi connectivity index (χ3n) is 2.26. The summed E-state index contributed by atoms with van der Waals surface area (Å²) >= 11 is 0. The molecular formula is C10H16N4O3. The highest BCUT2D eigenvalue weighted by Crippen LogP contribution is 2.12. The maximum absolute atomic E-state index is 11.4. The minimum atomic E-state index is -0.981. The molecule has 0 fully saturated rings. The van der Waals surface area contributed by atoms with Gasteiger partial charge in [0.15, 0.2) is 0 Å². The predicted octanol–water partition coefficient (Wildman–Crippen LogP) is 0.320. The SMILES string of the molecule is CC(C)(CNC(=O)NCc1cnc[nH]1)C(=O)O. The zero-order chi connectivity index (χ0) is 12.9. The van der Waals surface area contributed by atoms with Gasteiger partial charge in [0.2, 0.25) is 0 Å². The van der Waals surface area contributed by atoms with Crippen LogP contribution in [-0.2, 0) is 11.3 Å². The van der Waals surface area contributed by atoms with E-state index in [9.17, 15) is 9.59 Å². The summed E-state index contributed by atoms with van der Waals surface area (Å²) < 4.78 is 0. The highest BCUT2D eigenvalue weighted by atomic mass is 16.4. The third kappa shape index (κ3) is 4.13. The quantitative estimate of drug-likeness (QED) is 0.594. The van der Waals surface area contributed by atoms with E-state index >= 15 is 0 Å². The Bertz CT molecular complexity index is 386. The molecule has 0 saturated heterocycles. The highest BCUT2D eigenvalue weighted by molar-refractivity contribution is 5.77. The number of nitrogens with one attached hydrogen (secondary N) is 3. The Morgan fingerprint density at radius 2 is 2.18 bits per heavy atom. The molecule has 1 aromatic rings. The van der Waals surface area contributed by atoms with Crippen LogP contribution in [-0.4, -0.2) is 33.6 Å². The summed E-state index contributed by atoms with van der Waals surface area (Å²) in [5, 5.41) is 13.9. The van der Waals surface area contributed by atoms with E-state index in [0.29, 0.717) is 6.54 Å².